The van der Waals surface area contributed by atoms with Crippen molar-refractivity contribution in [1.29, 1.82) is 0 Å². The highest BCUT2D eigenvalue weighted by Crippen LogP contribution is 2.34. The monoisotopic (exact) mass is 454 g/mol. The number of amides is 1. The van der Waals surface area contributed by atoms with Crippen molar-refractivity contribution in [1.82, 2.24) is 20.2 Å². The van der Waals surface area contributed by atoms with E-state index in [0.717, 1.165) is 5.56 Å². The first kappa shape index (κ1) is 24.1. The number of hydrogen-bond acceptors (Lipinski definition) is 7. The van der Waals surface area contributed by atoms with Gasteiger partial charge in [-0.3, -0.25) is 14.5 Å². The van der Waals surface area contributed by atoms with Crippen LogP contribution < -0.4 is 25.1 Å². The second-order valence-corrected chi connectivity index (χ2v) is 7.82. The molecule has 2 N–H and O–H groups in total. The van der Waals surface area contributed by atoms with Crippen molar-refractivity contribution in [3.63, 3.8) is 0 Å². The molecule has 0 aliphatic carbocycles. The van der Waals surface area contributed by atoms with E-state index in [4.69, 9.17) is 14.2 Å². The van der Waals surface area contributed by atoms with Crippen LogP contribution in [-0.2, 0) is 17.9 Å². The van der Waals surface area contributed by atoms with Gasteiger partial charge in [-0.2, -0.15) is 0 Å². The zero-order chi connectivity index (χ0) is 24.0. The van der Waals surface area contributed by atoms with Gasteiger partial charge in [0.15, 0.2) is 11.5 Å². The second-order valence-electron chi connectivity index (χ2n) is 7.82. The number of rotatable bonds is 10. The molecule has 0 spiro atoms. The maximum Gasteiger partial charge on any atom is 0.258 e. The van der Waals surface area contributed by atoms with E-state index in [2.05, 4.69) is 15.3 Å². The third-order valence-electron chi connectivity index (χ3n) is 5.35. The van der Waals surface area contributed by atoms with Gasteiger partial charge in [0.05, 0.1) is 45.3 Å². The Kier molecular flexibility index (Phi) is 7.89. The number of carbonyl (C=O) groups excluding carboxylic acids is 1. The molecule has 0 unspecified atom stereocenters. The van der Waals surface area contributed by atoms with Crippen LogP contribution in [0.3, 0.4) is 0 Å². The Labute approximate surface area is 192 Å². The summed E-state index contributed by atoms with van der Waals surface area (Å²) < 4.78 is 16.1. The Morgan fingerprint density at radius 1 is 1.06 bits per heavy atom. The van der Waals surface area contributed by atoms with Gasteiger partial charge in [-0.05, 0) is 32.0 Å². The Morgan fingerprint density at radius 2 is 1.73 bits per heavy atom. The molecule has 3 rings (SSSR count). The van der Waals surface area contributed by atoms with Crippen molar-refractivity contribution in [3.05, 3.63) is 58.1 Å². The molecule has 1 amide bonds. The molecule has 33 heavy (non-hydrogen) atoms. The lowest BCUT2D eigenvalue weighted by atomic mass is 10.1. The maximum atomic E-state index is 12.7. The zero-order valence-corrected chi connectivity index (χ0v) is 19.6. The van der Waals surface area contributed by atoms with E-state index in [1.807, 2.05) is 24.8 Å². The van der Waals surface area contributed by atoms with Crippen molar-refractivity contribution < 1.29 is 19.0 Å². The largest absolute Gasteiger partial charge is 0.496 e. The molecular weight excluding hydrogens is 424 g/mol. The third kappa shape index (κ3) is 5.81. The predicted molar refractivity (Wildman–Crippen MR) is 126 cm³/mol. The molecular formula is C24H30N4O5. The molecule has 3 aromatic rings. The van der Waals surface area contributed by atoms with E-state index < -0.39 is 0 Å². The number of ether oxygens (including phenoxy) is 3. The van der Waals surface area contributed by atoms with E-state index in [1.54, 1.807) is 51.7 Å². The first-order chi connectivity index (χ1) is 15.9. The van der Waals surface area contributed by atoms with E-state index in [0.29, 0.717) is 40.5 Å². The smallest absolute Gasteiger partial charge is 0.258 e. The first-order valence-corrected chi connectivity index (χ1v) is 10.6. The molecule has 0 bridgehead atoms. The number of fused-ring (bicyclic) bond motifs is 1. The number of hydrogen-bond donors (Lipinski definition) is 2. The van der Waals surface area contributed by atoms with Crippen molar-refractivity contribution in [2.75, 3.05) is 27.9 Å². The van der Waals surface area contributed by atoms with Crippen molar-refractivity contribution in [2.24, 2.45) is 0 Å². The molecule has 0 fully saturated rings. The first-order valence-electron chi connectivity index (χ1n) is 10.6. The summed E-state index contributed by atoms with van der Waals surface area (Å²) in [4.78, 5) is 34.4. The molecule has 9 heteroatoms. The predicted octanol–water partition coefficient (Wildman–Crippen LogP) is 2.48. The summed E-state index contributed by atoms with van der Waals surface area (Å²) in [6, 6.07) is 10.7. The fourth-order valence-electron chi connectivity index (χ4n) is 3.49. The zero-order valence-electron chi connectivity index (χ0n) is 19.6. The van der Waals surface area contributed by atoms with Gasteiger partial charge >= 0.3 is 0 Å². The average molecular weight is 455 g/mol. The Morgan fingerprint density at radius 3 is 2.39 bits per heavy atom. The lowest BCUT2D eigenvalue weighted by Crippen LogP contribution is -2.40. The number of nitrogens with zero attached hydrogens (tertiary/aromatic N) is 2. The number of H-pyrrole nitrogens is 1. The minimum Gasteiger partial charge on any atom is -0.496 e. The maximum absolute atomic E-state index is 12.7. The fraction of sp³-hybridized carbons (Fsp3) is 0.375. The van der Waals surface area contributed by atoms with Crippen LogP contribution in [-0.4, -0.2) is 54.7 Å². The summed E-state index contributed by atoms with van der Waals surface area (Å²) in [6.45, 7) is 4.72. The van der Waals surface area contributed by atoms with E-state index in [-0.39, 0.29) is 30.6 Å². The molecule has 176 valence electrons. The van der Waals surface area contributed by atoms with Crippen LogP contribution in [0.1, 0.15) is 25.2 Å². The highest BCUT2D eigenvalue weighted by molar-refractivity contribution is 5.78. The molecule has 0 saturated carbocycles. The minimum absolute atomic E-state index is 0.0585. The number of benzene rings is 2. The summed E-state index contributed by atoms with van der Waals surface area (Å²) in [6.07, 6.45) is 0. The van der Waals surface area contributed by atoms with Crippen LogP contribution >= 0.6 is 0 Å². The van der Waals surface area contributed by atoms with Gasteiger partial charge in [0.1, 0.15) is 11.6 Å². The Bertz CT molecular complexity index is 1180. The van der Waals surface area contributed by atoms with E-state index in [1.165, 1.54) is 0 Å². The lowest BCUT2D eigenvalue weighted by Gasteiger charge is -2.25. The Balaban J connectivity index is 1.70. The van der Waals surface area contributed by atoms with Crippen LogP contribution in [0.2, 0.25) is 0 Å². The molecule has 2 aromatic carbocycles. The number of methoxy groups -OCH3 is 3. The standard InChI is InChI=1S/C24H30N4O5/c1-15(2)28(13-22-26-18-9-7-6-8-17(18)24(30)27-22)14-23(29)25-12-16-10-20(32-4)21(33-5)11-19(16)31-3/h6-11,15H,12-14H2,1-5H3,(H,25,29)(H,26,27,30). The van der Waals surface area contributed by atoms with Crippen LogP contribution in [0.5, 0.6) is 17.2 Å². The van der Waals surface area contributed by atoms with Gasteiger partial charge in [0.2, 0.25) is 5.91 Å². The number of aromatic nitrogens is 2. The van der Waals surface area contributed by atoms with Crippen LogP contribution in [0, 0.1) is 0 Å². The molecule has 1 aromatic heterocycles. The normalized spacial score (nSPS) is 11.1. The number of nitrogens with one attached hydrogen (secondary N) is 2. The molecule has 9 nitrogen and oxygen atoms in total. The van der Waals surface area contributed by atoms with Gasteiger partial charge in [-0.1, -0.05) is 12.1 Å². The number of aromatic amines is 1. The fourth-order valence-corrected chi connectivity index (χ4v) is 3.49. The van der Waals surface area contributed by atoms with E-state index in [9.17, 15) is 9.59 Å². The molecule has 0 aliphatic heterocycles. The molecule has 1 heterocycles. The summed E-state index contributed by atoms with van der Waals surface area (Å²) in [5.41, 5.74) is 1.20. The molecule has 0 saturated heterocycles. The summed E-state index contributed by atoms with van der Waals surface area (Å²) in [7, 11) is 4.67. The molecule has 0 radical (unpaired) electrons. The highest BCUT2D eigenvalue weighted by atomic mass is 16.5. The van der Waals surface area contributed by atoms with Crippen molar-refractivity contribution in [3.8, 4) is 17.2 Å². The van der Waals surface area contributed by atoms with Gasteiger partial charge in [0, 0.05) is 24.2 Å². The Hall–Kier alpha value is -3.59. The topological polar surface area (TPSA) is 106 Å². The van der Waals surface area contributed by atoms with Gasteiger partial charge in [0.25, 0.3) is 5.56 Å². The van der Waals surface area contributed by atoms with E-state index >= 15 is 0 Å². The highest BCUT2D eigenvalue weighted by Gasteiger charge is 2.18. The molecule has 0 atom stereocenters. The summed E-state index contributed by atoms with van der Waals surface area (Å²) in [5.74, 6) is 2.04. The van der Waals surface area contributed by atoms with Gasteiger partial charge < -0.3 is 24.5 Å². The summed E-state index contributed by atoms with van der Waals surface area (Å²) in [5, 5.41) is 3.47. The van der Waals surface area contributed by atoms with Crippen molar-refractivity contribution in [2.45, 2.75) is 33.0 Å². The van der Waals surface area contributed by atoms with Gasteiger partial charge in [-0.15, -0.1) is 0 Å². The third-order valence-corrected chi connectivity index (χ3v) is 5.35. The molecule has 0 aliphatic rings. The minimum atomic E-state index is -0.190. The SMILES string of the molecule is COc1cc(OC)c(OC)cc1CNC(=O)CN(Cc1nc2ccccc2c(=O)[nH]1)C(C)C. The van der Waals surface area contributed by atoms with Crippen LogP contribution in [0.15, 0.2) is 41.2 Å². The van der Waals surface area contributed by atoms with Crippen molar-refractivity contribution >= 4 is 16.8 Å². The van der Waals surface area contributed by atoms with Crippen LogP contribution in [0.4, 0.5) is 0 Å². The summed E-state index contributed by atoms with van der Waals surface area (Å²) >= 11 is 0. The number of carbonyl (C=O) groups is 1. The second kappa shape index (κ2) is 10.8. The van der Waals surface area contributed by atoms with Gasteiger partial charge in [-0.25, -0.2) is 4.98 Å². The van der Waals surface area contributed by atoms with Crippen LogP contribution in [0.25, 0.3) is 10.9 Å². The number of para-hydroxylation sites is 1. The quantitative estimate of drug-likeness (QED) is 0.485. The average Bonchev–Trinajstić information content (AvgIpc) is 2.81. The lowest BCUT2D eigenvalue weighted by molar-refractivity contribution is -0.123.